The van der Waals surface area contributed by atoms with E-state index in [1.54, 1.807) is 0 Å². The van der Waals surface area contributed by atoms with E-state index in [9.17, 15) is 0 Å². The van der Waals surface area contributed by atoms with Crippen LogP contribution in [0, 0.1) is 5.92 Å². The summed E-state index contributed by atoms with van der Waals surface area (Å²) in [6.07, 6.45) is 1.14. The Morgan fingerprint density at radius 3 is 2.80 bits per heavy atom. The number of halogens is 2. The van der Waals surface area contributed by atoms with Crippen LogP contribution in [0.25, 0.3) is 0 Å². The molecule has 0 aliphatic carbocycles. The maximum atomic E-state index is 6.49. The molecule has 0 saturated heterocycles. The van der Waals surface area contributed by atoms with E-state index in [0.717, 1.165) is 29.0 Å². The normalized spacial score (nSPS) is 17.9. The molecular formula is C17H17BrClN. The third kappa shape index (κ3) is 2.47. The Morgan fingerprint density at radius 1 is 1.20 bits per heavy atom. The number of alkyl halides is 1. The van der Waals surface area contributed by atoms with E-state index in [1.807, 2.05) is 12.1 Å². The average Bonchev–Trinajstić information content (AvgIpc) is 2.46. The van der Waals surface area contributed by atoms with Crippen LogP contribution in [0.3, 0.4) is 0 Å². The largest absolute Gasteiger partial charge is 0.340 e. The van der Waals surface area contributed by atoms with Crippen molar-refractivity contribution in [2.45, 2.75) is 18.7 Å². The molecule has 0 amide bonds. The predicted molar refractivity (Wildman–Crippen MR) is 90.4 cm³/mol. The van der Waals surface area contributed by atoms with E-state index in [2.05, 4.69) is 58.1 Å². The standard InChI is InChI=1S/C17H17BrClN/c1-12-9-13-5-2-3-8-16(13)20(11-12)17-14(10-18)6-4-7-15(17)19/h2-8,12H,9-11H2,1H3. The van der Waals surface area contributed by atoms with Gasteiger partial charge in [-0.2, -0.15) is 0 Å². The summed E-state index contributed by atoms with van der Waals surface area (Å²) in [4.78, 5) is 2.38. The SMILES string of the molecule is CC1Cc2ccccc2N(c2c(Cl)cccc2CBr)C1. The van der Waals surface area contributed by atoms with Crippen molar-refractivity contribution in [1.29, 1.82) is 0 Å². The number of para-hydroxylation sites is 2. The van der Waals surface area contributed by atoms with Crippen LogP contribution in [-0.2, 0) is 11.8 Å². The summed E-state index contributed by atoms with van der Waals surface area (Å²) >= 11 is 10.1. The summed E-state index contributed by atoms with van der Waals surface area (Å²) in [5.41, 5.74) is 5.08. The Balaban J connectivity index is 2.16. The van der Waals surface area contributed by atoms with Gasteiger partial charge in [-0.1, -0.05) is 64.8 Å². The smallest absolute Gasteiger partial charge is 0.0646 e. The van der Waals surface area contributed by atoms with Crippen LogP contribution >= 0.6 is 27.5 Å². The van der Waals surface area contributed by atoms with Crippen LogP contribution in [-0.4, -0.2) is 6.54 Å². The first-order valence-electron chi connectivity index (χ1n) is 6.89. The summed E-state index contributed by atoms with van der Waals surface area (Å²) in [6, 6.07) is 14.8. The summed E-state index contributed by atoms with van der Waals surface area (Å²) in [6.45, 7) is 3.31. The maximum Gasteiger partial charge on any atom is 0.0646 e. The minimum atomic E-state index is 0.629. The van der Waals surface area contributed by atoms with Gasteiger partial charge in [-0.15, -0.1) is 0 Å². The third-order valence-corrected chi connectivity index (χ3v) is 4.74. The summed E-state index contributed by atoms with van der Waals surface area (Å²) < 4.78 is 0. The summed E-state index contributed by atoms with van der Waals surface area (Å²) in [5, 5.41) is 1.64. The minimum Gasteiger partial charge on any atom is -0.340 e. The van der Waals surface area contributed by atoms with Crippen molar-refractivity contribution in [3.05, 3.63) is 58.6 Å². The molecule has 1 atom stereocenters. The van der Waals surface area contributed by atoms with E-state index in [0.29, 0.717) is 5.92 Å². The van der Waals surface area contributed by atoms with Crippen LogP contribution in [0.2, 0.25) is 5.02 Å². The Morgan fingerprint density at radius 2 is 2.00 bits per heavy atom. The Kier molecular flexibility index (Phi) is 4.04. The highest BCUT2D eigenvalue weighted by Gasteiger charge is 2.25. The molecule has 20 heavy (non-hydrogen) atoms. The zero-order valence-corrected chi connectivity index (χ0v) is 13.8. The molecule has 0 N–H and O–H groups in total. The average molecular weight is 351 g/mol. The minimum absolute atomic E-state index is 0.629. The van der Waals surface area contributed by atoms with Crippen LogP contribution in [0.15, 0.2) is 42.5 Å². The molecule has 1 heterocycles. The fourth-order valence-electron chi connectivity index (χ4n) is 2.98. The van der Waals surface area contributed by atoms with E-state index in [1.165, 1.54) is 16.8 Å². The van der Waals surface area contributed by atoms with Crippen LogP contribution < -0.4 is 4.90 Å². The number of anilines is 2. The first-order chi connectivity index (χ1) is 9.70. The predicted octanol–water partition coefficient (Wildman–Crippen LogP) is 5.57. The van der Waals surface area contributed by atoms with Gasteiger partial charge in [-0.25, -0.2) is 0 Å². The second kappa shape index (κ2) is 5.79. The lowest BCUT2D eigenvalue weighted by molar-refractivity contribution is 0.562. The molecule has 0 spiro atoms. The van der Waals surface area contributed by atoms with Crippen molar-refractivity contribution >= 4 is 38.9 Å². The van der Waals surface area contributed by atoms with E-state index in [-0.39, 0.29) is 0 Å². The van der Waals surface area contributed by atoms with Crippen molar-refractivity contribution in [3.63, 3.8) is 0 Å². The van der Waals surface area contributed by atoms with Gasteiger partial charge < -0.3 is 4.90 Å². The second-order valence-corrected chi connectivity index (χ2v) is 6.40. The Bertz CT molecular complexity index is 626. The van der Waals surface area contributed by atoms with Crippen molar-refractivity contribution < 1.29 is 0 Å². The molecule has 1 aliphatic heterocycles. The molecule has 1 aliphatic rings. The lowest BCUT2D eigenvalue weighted by Gasteiger charge is -2.36. The Labute approximate surface area is 133 Å². The highest BCUT2D eigenvalue weighted by Crippen LogP contribution is 2.41. The van der Waals surface area contributed by atoms with Crippen LogP contribution in [0.1, 0.15) is 18.1 Å². The zero-order valence-electron chi connectivity index (χ0n) is 11.4. The Hall–Kier alpha value is -0.990. The van der Waals surface area contributed by atoms with Crippen molar-refractivity contribution in [2.24, 2.45) is 5.92 Å². The molecule has 2 aromatic rings. The van der Waals surface area contributed by atoms with Gasteiger partial charge in [0.15, 0.2) is 0 Å². The number of hydrogen-bond donors (Lipinski definition) is 0. The molecule has 0 radical (unpaired) electrons. The second-order valence-electron chi connectivity index (χ2n) is 5.43. The van der Waals surface area contributed by atoms with Gasteiger partial charge in [-0.05, 0) is 35.6 Å². The maximum absolute atomic E-state index is 6.49. The fraction of sp³-hybridized carbons (Fsp3) is 0.294. The van der Waals surface area contributed by atoms with Gasteiger partial charge in [0.25, 0.3) is 0 Å². The molecular weight excluding hydrogens is 334 g/mol. The fourth-order valence-corrected chi connectivity index (χ4v) is 3.73. The lowest BCUT2D eigenvalue weighted by atomic mass is 9.93. The number of nitrogens with zero attached hydrogens (tertiary/aromatic N) is 1. The molecule has 0 bridgehead atoms. The first-order valence-corrected chi connectivity index (χ1v) is 8.39. The molecule has 3 heteroatoms. The van der Waals surface area contributed by atoms with Crippen molar-refractivity contribution in [2.75, 3.05) is 11.4 Å². The van der Waals surface area contributed by atoms with Gasteiger partial charge >= 0.3 is 0 Å². The molecule has 2 aromatic carbocycles. The van der Waals surface area contributed by atoms with Crippen molar-refractivity contribution in [1.82, 2.24) is 0 Å². The molecule has 1 unspecified atom stereocenters. The number of rotatable bonds is 2. The molecule has 0 saturated carbocycles. The molecule has 104 valence electrons. The quantitative estimate of drug-likeness (QED) is 0.640. The lowest BCUT2D eigenvalue weighted by Crippen LogP contribution is -2.31. The highest BCUT2D eigenvalue weighted by molar-refractivity contribution is 9.08. The summed E-state index contributed by atoms with van der Waals surface area (Å²) in [7, 11) is 0. The van der Waals surface area contributed by atoms with E-state index >= 15 is 0 Å². The van der Waals surface area contributed by atoms with Crippen LogP contribution in [0.4, 0.5) is 11.4 Å². The molecule has 3 rings (SSSR count). The first kappa shape index (κ1) is 14.0. The third-order valence-electron chi connectivity index (χ3n) is 3.83. The monoisotopic (exact) mass is 349 g/mol. The van der Waals surface area contributed by atoms with E-state index < -0.39 is 0 Å². The van der Waals surface area contributed by atoms with Crippen molar-refractivity contribution in [3.8, 4) is 0 Å². The van der Waals surface area contributed by atoms with Gasteiger partial charge in [0.1, 0.15) is 0 Å². The number of hydrogen-bond acceptors (Lipinski definition) is 1. The van der Waals surface area contributed by atoms with Gasteiger partial charge in [-0.3, -0.25) is 0 Å². The number of benzene rings is 2. The molecule has 0 aromatic heterocycles. The number of fused-ring (bicyclic) bond motifs is 1. The van der Waals surface area contributed by atoms with Gasteiger partial charge in [0.2, 0.25) is 0 Å². The zero-order chi connectivity index (χ0) is 14.1. The van der Waals surface area contributed by atoms with Gasteiger partial charge in [0, 0.05) is 17.6 Å². The molecule has 0 fully saturated rings. The van der Waals surface area contributed by atoms with Crippen LogP contribution in [0.5, 0.6) is 0 Å². The topological polar surface area (TPSA) is 3.24 Å². The highest BCUT2D eigenvalue weighted by atomic mass is 79.9. The summed E-state index contributed by atoms with van der Waals surface area (Å²) in [5.74, 6) is 0.629. The van der Waals surface area contributed by atoms with E-state index in [4.69, 9.17) is 11.6 Å². The molecule has 1 nitrogen and oxygen atoms in total. The van der Waals surface area contributed by atoms with Gasteiger partial charge in [0.05, 0.1) is 10.7 Å².